The first-order valence-corrected chi connectivity index (χ1v) is 8.90. The van der Waals surface area contributed by atoms with E-state index in [1.807, 2.05) is 6.07 Å². The van der Waals surface area contributed by atoms with Gasteiger partial charge in [0.1, 0.15) is 11.8 Å². The normalized spacial score (nSPS) is 17.0. The number of aromatic nitrogens is 3. The Balaban J connectivity index is 1.74. The van der Waals surface area contributed by atoms with E-state index in [-0.39, 0.29) is 16.5 Å². The molecule has 23 heavy (non-hydrogen) atoms. The highest BCUT2D eigenvalue weighted by Gasteiger charge is 2.31. The number of hydrogen-bond donors (Lipinski definition) is 1. The molecule has 1 fully saturated rings. The van der Waals surface area contributed by atoms with Gasteiger partial charge in [-0.2, -0.15) is 19.9 Å². The highest BCUT2D eigenvalue weighted by Crippen LogP contribution is 2.30. The molecule has 120 valence electrons. The fraction of sp³-hybridized carbons (Fsp3) is 0.357. The Kier molecular flexibility index (Phi) is 4.35. The molecule has 0 atom stereocenters. The van der Waals surface area contributed by atoms with E-state index in [1.54, 1.807) is 12.1 Å². The van der Waals surface area contributed by atoms with Crippen LogP contribution in [0.2, 0.25) is 5.02 Å². The monoisotopic (exact) mass is 351 g/mol. The lowest BCUT2D eigenvalue weighted by atomic mass is 9.93. The predicted octanol–water partition coefficient (Wildman–Crippen LogP) is 1.90. The molecule has 1 aliphatic rings. The summed E-state index contributed by atoms with van der Waals surface area (Å²) in [6.07, 6.45) is 1.21. The lowest BCUT2D eigenvalue weighted by molar-refractivity contribution is 0.316. The second-order valence-corrected chi connectivity index (χ2v) is 7.68. The first-order valence-electron chi connectivity index (χ1n) is 7.09. The Morgan fingerprint density at radius 3 is 2.48 bits per heavy atom. The number of halogens is 1. The minimum atomic E-state index is -3.52. The fourth-order valence-electron chi connectivity index (χ4n) is 2.73. The van der Waals surface area contributed by atoms with Crippen molar-refractivity contribution in [2.75, 3.05) is 13.1 Å². The molecule has 1 aliphatic heterocycles. The molecule has 0 unspecified atom stereocenters. The molecule has 2 heterocycles. The molecule has 7 nitrogen and oxygen atoms in total. The van der Waals surface area contributed by atoms with E-state index in [1.165, 1.54) is 16.4 Å². The van der Waals surface area contributed by atoms with Crippen molar-refractivity contribution >= 4 is 21.6 Å². The molecule has 1 aromatic heterocycles. The number of benzene rings is 1. The van der Waals surface area contributed by atoms with E-state index in [0.29, 0.717) is 36.6 Å². The fourth-order valence-corrected chi connectivity index (χ4v) is 4.33. The minimum absolute atomic E-state index is 0.0417. The number of sulfonamides is 1. The summed E-state index contributed by atoms with van der Waals surface area (Å²) in [6.45, 7) is 0.765. The summed E-state index contributed by atoms with van der Waals surface area (Å²) >= 11 is 5.80. The lowest BCUT2D eigenvalue weighted by Gasteiger charge is -2.30. The second-order valence-electron chi connectivity index (χ2n) is 5.30. The van der Waals surface area contributed by atoms with Crippen LogP contribution < -0.4 is 0 Å². The third kappa shape index (κ3) is 3.08. The van der Waals surface area contributed by atoms with Crippen LogP contribution in [-0.2, 0) is 10.0 Å². The van der Waals surface area contributed by atoms with Crippen molar-refractivity contribution in [2.24, 2.45) is 0 Å². The van der Waals surface area contributed by atoms with Gasteiger partial charge in [-0.05, 0) is 37.1 Å². The van der Waals surface area contributed by atoms with Crippen molar-refractivity contribution < 1.29 is 8.42 Å². The minimum Gasteiger partial charge on any atom is -0.207 e. The van der Waals surface area contributed by atoms with Gasteiger partial charge in [-0.15, -0.1) is 5.10 Å². The molecule has 0 amide bonds. The van der Waals surface area contributed by atoms with Crippen LogP contribution in [-0.4, -0.2) is 41.2 Å². The summed E-state index contributed by atoms with van der Waals surface area (Å²) in [4.78, 5) is 0.236. The molecule has 9 heteroatoms. The molecule has 2 aromatic rings. The van der Waals surface area contributed by atoms with Crippen LogP contribution in [0.3, 0.4) is 0 Å². The second kappa shape index (κ2) is 6.28. The summed E-state index contributed by atoms with van der Waals surface area (Å²) in [6, 6.07) is 8.14. The van der Waals surface area contributed by atoms with Crippen molar-refractivity contribution in [1.29, 1.82) is 5.26 Å². The number of piperidine rings is 1. The molecule has 0 saturated carbocycles. The van der Waals surface area contributed by atoms with Gasteiger partial charge < -0.3 is 0 Å². The van der Waals surface area contributed by atoms with Crippen molar-refractivity contribution in [3.63, 3.8) is 0 Å². The Bertz CT molecular complexity index is 833. The van der Waals surface area contributed by atoms with Crippen molar-refractivity contribution in [3.05, 3.63) is 40.7 Å². The van der Waals surface area contributed by atoms with Gasteiger partial charge in [0.05, 0.1) is 4.90 Å². The van der Waals surface area contributed by atoms with Crippen molar-refractivity contribution in [3.8, 4) is 6.07 Å². The molecule has 0 radical (unpaired) electrons. The van der Waals surface area contributed by atoms with Gasteiger partial charge in [0.25, 0.3) is 0 Å². The van der Waals surface area contributed by atoms with Crippen molar-refractivity contribution in [2.45, 2.75) is 23.7 Å². The maximum atomic E-state index is 12.6. The van der Waals surface area contributed by atoms with Gasteiger partial charge in [0.15, 0.2) is 5.69 Å². The number of nitrogens with zero attached hydrogens (tertiary/aromatic N) is 4. The zero-order valence-corrected chi connectivity index (χ0v) is 13.7. The quantitative estimate of drug-likeness (QED) is 0.909. The van der Waals surface area contributed by atoms with Gasteiger partial charge in [0.2, 0.25) is 10.0 Å². The smallest absolute Gasteiger partial charge is 0.207 e. The average Bonchev–Trinajstić information content (AvgIpc) is 3.04. The molecule has 0 spiro atoms. The maximum Gasteiger partial charge on any atom is 0.243 e. The molecule has 1 N–H and O–H groups in total. The zero-order valence-electron chi connectivity index (χ0n) is 12.1. The Hall–Kier alpha value is -1.95. The predicted molar refractivity (Wildman–Crippen MR) is 83.3 cm³/mol. The highest BCUT2D eigenvalue weighted by atomic mass is 35.5. The van der Waals surface area contributed by atoms with Crippen LogP contribution >= 0.6 is 11.6 Å². The van der Waals surface area contributed by atoms with Crippen LogP contribution in [0, 0.1) is 11.3 Å². The topological polar surface area (TPSA) is 103 Å². The largest absolute Gasteiger partial charge is 0.243 e. The third-order valence-electron chi connectivity index (χ3n) is 3.97. The molecular formula is C14H14ClN5O2S. The summed E-state index contributed by atoms with van der Waals surface area (Å²) < 4.78 is 26.7. The van der Waals surface area contributed by atoms with Crippen LogP contribution in [0.1, 0.15) is 30.1 Å². The number of nitrogens with one attached hydrogen (secondary N) is 1. The van der Waals surface area contributed by atoms with Gasteiger partial charge >= 0.3 is 0 Å². The van der Waals surface area contributed by atoms with Crippen molar-refractivity contribution in [1.82, 2.24) is 19.7 Å². The number of hydrogen-bond acceptors (Lipinski definition) is 5. The summed E-state index contributed by atoms with van der Waals surface area (Å²) in [7, 11) is -3.52. The first-order chi connectivity index (χ1) is 11.0. The summed E-state index contributed by atoms with van der Waals surface area (Å²) in [5.41, 5.74) is 0.903. The van der Waals surface area contributed by atoms with Gasteiger partial charge in [-0.3, -0.25) is 0 Å². The lowest BCUT2D eigenvalue weighted by Crippen LogP contribution is -2.38. The SMILES string of the molecule is N#Cc1n[nH]nc1C1CCN(S(=O)(=O)c2ccc(Cl)cc2)CC1. The Morgan fingerprint density at radius 2 is 1.87 bits per heavy atom. The Labute approximate surface area is 138 Å². The molecule has 1 aromatic carbocycles. The van der Waals surface area contributed by atoms with Crippen LogP contribution in [0.5, 0.6) is 0 Å². The van der Waals surface area contributed by atoms with Crippen LogP contribution in [0.4, 0.5) is 0 Å². The molecule has 0 aliphatic carbocycles. The first kappa shape index (κ1) is 15.9. The van der Waals surface area contributed by atoms with Gasteiger partial charge in [-0.25, -0.2) is 8.42 Å². The molecule has 3 rings (SSSR count). The number of aromatic amines is 1. The van der Waals surface area contributed by atoms with E-state index < -0.39 is 10.0 Å². The van der Waals surface area contributed by atoms with Gasteiger partial charge in [0, 0.05) is 24.0 Å². The van der Waals surface area contributed by atoms with E-state index in [0.717, 1.165) is 0 Å². The van der Waals surface area contributed by atoms with Crippen LogP contribution in [0.25, 0.3) is 0 Å². The summed E-state index contributed by atoms with van der Waals surface area (Å²) in [5, 5.41) is 19.8. The Morgan fingerprint density at radius 1 is 1.22 bits per heavy atom. The van der Waals surface area contributed by atoms with Gasteiger partial charge in [-0.1, -0.05) is 11.6 Å². The standard InChI is InChI=1S/C14H14ClN5O2S/c15-11-1-3-12(4-2-11)23(21,22)20-7-5-10(6-8-20)14-13(9-16)17-19-18-14/h1-4,10H,5-8H2,(H,17,18,19). The van der Waals surface area contributed by atoms with Crippen LogP contribution in [0.15, 0.2) is 29.2 Å². The van der Waals surface area contributed by atoms with E-state index >= 15 is 0 Å². The molecule has 1 saturated heterocycles. The number of rotatable bonds is 3. The summed E-state index contributed by atoms with van der Waals surface area (Å²) in [5.74, 6) is 0.0417. The van der Waals surface area contributed by atoms with E-state index in [4.69, 9.17) is 16.9 Å². The maximum absolute atomic E-state index is 12.6. The number of nitriles is 1. The average molecular weight is 352 g/mol. The molecular weight excluding hydrogens is 338 g/mol. The number of H-pyrrole nitrogens is 1. The third-order valence-corrected chi connectivity index (χ3v) is 6.14. The highest BCUT2D eigenvalue weighted by molar-refractivity contribution is 7.89. The molecule has 0 bridgehead atoms. The van der Waals surface area contributed by atoms with E-state index in [2.05, 4.69) is 15.4 Å². The van der Waals surface area contributed by atoms with E-state index in [9.17, 15) is 8.42 Å². The zero-order chi connectivity index (χ0) is 16.4.